The maximum absolute atomic E-state index is 14.6. The largest absolute Gasteiger partial charge is 0.488 e. The second-order valence-corrected chi connectivity index (χ2v) is 9.05. The van der Waals surface area contributed by atoms with Crippen LogP contribution in [0.4, 0.5) is 20.2 Å². The molecule has 0 spiro atoms. The van der Waals surface area contributed by atoms with E-state index in [9.17, 15) is 13.9 Å². The van der Waals surface area contributed by atoms with Gasteiger partial charge in [-0.2, -0.15) is 8.78 Å². The van der Waals surface area contributed by atoms with E-state index >= 15 is 0 Å². The molecule has 168 valence electrons. The topological polar surface area (TPSA) is 48.0 Å². The van der Waals surface area contributed by atoms with Gasteiger partial charge in [-0.1, -0.05) is 28.6 Å². The van der Waals surface area contributed by atoms with Crippen LogP contribution in [0.3, 0.4) is 0 Å². The van der Waals surface area contributed by atoms with Crippen LogP contribution in [-0.2, 0) is 12.5 Å². The lowest BCUT2D eigenvalue weighted by Gasteiger charge is -2.30. The standard InChI is InChI=1S/C23H28BrF2N3O2/c1-14(2)23(25,26)16-6-7-20(29(5)9-8-28(3)4)19(11-16)27-22(30)18-12-17(24)10-15-13-31-21(15)18/h6-7,10-12,22,27,30H,1,8-9,13H2,2-5H3. The Morgan fingerprint density at radius 1 is 1.26 bits per heavy atom. The summed E-state index contributed by atoms with van der Waals surface area (Å²) in [6.07, 6.45) is -1.14. The van der Waals surface area contributed by atoms with Gasteiger partial charge in [-0.25, -0.2) is 0 Å². The van der Waals surface area contributed by atoms with Crippen molar-refractivity contribution in [2.45, 2.75) is 25.7 Å². The lowest BCUT2D eigenvalue weighted by molar-refractivity contribution is 0.0386. The number of halogens is 3. The zero-order valence-electron chi connectivity index (χ0n) is 18.2. The molecule has 8 heteroatoms. The summed E-state index contributed by atoms with van der Waals surface area (Å²) in [5.41, 5.74) is 2.22. The molecule has 1 atom stereocenters. The first-order chi connectivity index (χ1) is 14.5. The number of hydrogen-bond acceptors (Lipinski definition) is 5. The number of nitrogens with one attached hydrogen (secondary N) is 1. The Labute approximate surface area is 190 Å². The predicted molar refractivity (Wildman–Crippen MR) is 124 cm³/mol. The first-order valence-electron chi connectivity index (χ1n) is 9.94. The fourth-order valence-electron chi connectivity index (χ4n) is 3.35. The molecule has 0 radical (unpaired) electrons. The van der Waals surface area contributed by atoms with Gasteiger partial charge >= 0.3 is 0 Å². The second kappa shape index (κ2) is 9.14. The van der Waals surface area contributed by atoms with Gasteiger partial charge in [-0.15, -0.1) is 0 Å². The normalized spacial score (nSPS) is 13.8. The van der Waals surface area contributed by atoms with E-state index in [1.807, 2.05) is 37.0 Å². The number of nitrogens with zero attached hydrogens (tertiary/aromatic N) is 2. The Hall–Kier alpha value is -2.16. The number of alkyl halides is 2. The monoisotopic (exact) mass is 495 g/mol. The molecule has 0 bridgehead atoms. The van der Waals surface area contributed by atoms with Crippen molar-refractivity contribution in [2.24, 2.45) is 0 Å². The highest BCUT2D eigenvalue weighted by Crippen LogP contribution is 2.42. The summed E-state index contributed by atoms with van der Waals surface area (Å²) >= 11 is 3.44. The third-order valence-electron chi connectivity index (χ3n) is 5.31. The number of anilines is 2. The number of rotatable bonds is 9. The number of hydrogen-bond donors (Lipinski definition) is 2. The summed E-state index contributed by atoms with van der Waals surface area (Å²) in [4.78, 5) is 4.01. The van der Waals surface area contributed by atoms with Gasteiger partial charge in [0.25, 0.3) is 5.92 Å². The molecule has 5 nitrogen and oxygen atoms in total. The van der Waals surface area contributed by atoms with Gasteiger partial charge in [0, 0.05) is 41.3 Å². The summed E-state index contributed by atoms with van der Waals surface area (Å²) in [6.45, 7) is 6.68. The minimum absolute atomic E-state index is 0.182. The molecule has 1 aliphatic heterocycles. The van der Waals surface area contributed by atoms with Gasteiger partial charge in [0.15, 0.2) is 6.23 Å². The van der Waals surface area contributed by atoms with E-state index in [0.717, 1.165) is 16.6 Å². The molecule has 0 amide bonds. The Balaban J connectivity index is 1.97. The molecule has 2 aromatic carbocycles. The van der Waals surface area contributed by atoms with Gasteiger partial charge < -0.3 is 25.0 Å². The average molecular weight is 496 g/mol. The number of ether oxygens (including phenoxy) is 1. The summed E-state index contributed by atoms with van der Waals surface area (Å²) in [6, 6.07) is 8.13. The summed E-state index contributed by atoms with van der Waals surface area (Å²) < 4.78 is 35.6. The first kappa shape index (κ1) is 23.5. The van der Waals surface area contributed by atoms with Crippen LogP contribution < -0.4 is 15.0 Å². The Morgan fingerprint density at radius 2 is 1.97 bits per heavy atom. The van der Waals surface area contributed by atoms with Crippen LogP contribution in [0, 0.1) is 0 Å². The molecule has 2 aromatic rings. The van der Waals surface area contributed by atoms with Crippen molar-refractivity contribution in [1.82, 2.24) is 4.90 Å². The minimum atomic E-state index is -3.18. The van der Waals surface area contributed by atoms with Crippen LogP contribution in [0.2, 0.25) is 0 Å². The van der Waals surface area contributed by atoms with Gasteiger partial charge in [-0.05, 0) is 50.9 Å². The Morgan fingerprint density at radius 3 is 2.55 bits per heavy atom. The molecule has 0 aromatic heterocycles. The fourth-order valence-corrected chi connectivity index (χ4v) is 3.87. The van der Waals surface area contributed by atoms with Gasteiger partial charge in [0.05, 0.1) is 11.4 Å². The van der Waals surface area contributed by atoms with Gasteiger partial charge in [-0.3, -0.25) is 0 Å². The molecule has 3 rings (SSSR count). The second-order valence-electron chi connectivity index (χ2n) is 8.13. The molecular weight excluding hydrogens is 468 g/mol. The van der Waals surface area contributed by atoms with Crippen LogP contribution in [0.25, 0.3) is 0 Å². The van der Waals surface area contributed by atoms with E-state index in [0.29, 0.717) is 35.8 Å². The first-order valence-corrected chi connectivity index (χ1v) is 10.7. The highest BCUT2D eigenvalue weighted by molar-refractivity contribution is 9.10. The number of likely N-dealkylation sites (N-methyl/N-ethyl adjacent to an activating group) is 2. The summed E-state index contributed by atoms with van der Waals surface area (Å²) in [7, 11) is 5.83. The molecule has 0 saturated carbocycles. The number of allylic oxidation sites excluding steroid dienone is 1. The molecule has 1 unspecified atom stereocenters. The third kappa shape index (κ3) is 5.02. The SMILES string of the molecule is C=C(C)C(F)(F)c1ccc(N(C)CCN(C)C)c(NC(O)c2cc(Br)cc3c2OC3)c1. The fraction of sp³-hybridized carbons (Fsp3) is 0.391. The quantitative estimate of drug-likeness (QED) is 0.373. The molecule has 1 heterocycles. The zero-order chi connectivity index (χ0) is 22.9. The van der Waals surface area contributed by atoms with Crippen molar-refractivity contribution in [3.8, 4) is 5.75 Å². The summed E-state index contributed by atoms with van der Waals surface area (Å²) in [5, 5.41) is 13.9. The smallest absolute Gasteiger partial charge is 0.294 e. The lowest BCUT2D eigenvalue weighted by Crippen LogP contribution is -2.29. The van der Waals surface area contributed by atoms with Crippen molar-refractivity contribution in [3.63, 3.8) is 0 Å². The summed E-state index contributed by atoms with van der Waals surface area (Å²) in [5.74, 6) is -2.56. The van der Waals surface area contributed by atoms with Crippen molar-refractivity contribution in [1.29, 1.82) is 0 Å². The van der Waals surface area contributed by atoms with Crippen LogP contribution in [0.5, 0.6) is 5.75 Å². The maximum Gasteiger partial charge on any atom is 0.294 e. The molecular formula is C23H28BrF2N3O2. The van der Waals surface area contributed by atoms with E-state index in [-0.39, 0.29) is 11.1 Å². The Bertz CT molecular complexity index is 982. The van der Waals surface area contributed by atoms with E-state index in [2.05, 4.69) is 27.8 Å². The van der Waals surface area contributed by atoms with E-state index in [1.54, 1.807) is 12.1 Å². The number of aliphatic hydroxyl groups excluding tert-OH is 1. The number of benzene rings is 2. The molecule has 1 aliphatic rings. The van der Waals surface area contributed by atoms with Crippen LogP contribution in [0.1, 0.15) is 29.8 Å². The van der Waals surface area contributed by atoms with Gasteiger partial charge in [0.1, 0.15) is 12.4 Å². The highest BCUT2D eigenvalue weighted by Gasteiger charge is 2.33. The Kier molecular flexibility index (Phi) is 6.93. The predicted octanol–water partition coefficient (Wildman–Crippen LogP) is 5.11. The van der Waals surface area contributed by atoms with E-state index in [4.69, 9.17) is 4.74 Å². The van der Waals surface area contributed by atoms with Gasteiger partial charge in [0.2, 0.25) is 0 Å². The lowest BCUT2D eigenvalue weighted by atomic mass is 10.0. The highest BCUT2D eigenvalue weighted by atomic mass is 79.9. The van der Waals surface area contributed by atoms with Crippen molar-refractivity contribution in [3.05, 3.63) is 63.6 Å². The van der Waals surface area contributed by atoms with Crippen LogP contribution >= 0.6 is 15.9 Å². The molecule has 0 fully saturated rings. The van der Waals surface area contributed by atoms with Crippen molar-refractivity contribution in [2.75, 3.05) is 44.4 Å². The molecule has 0 saturated heterocycles. The van der Waals surface area contributed by atoms with E-state index < -0.39 is 12.2 Å². The average Bonchev–Trinajstić information content (AvgIpc) is 2.67. The molecule has 0 aliphatic carbocycles. The molecule has 31 heavy (non-hydrogen) atoms. The van der Waals surface area contributed by atoms with Crippen LogP contribution in [-0.4, -0.2) is 44.2 Å². The third-order valence-corrected chi connectivity index (χ3v) is 5.76. The number of aliphatic hydroxyl groups is 1. The minimum Gasteiger partial charge on any atom is -0.488 e. The van der Waals surface area contributed by atoms with Crippen LogP contribution in [0.15, 0.2) is 47.0 Å². The number of fused-ring (bicyclic) bond motifs is 1. The van der Waals surface area contributed by atoms with E-state index in [1.165, 1.54) is 19.1 Å². The maximum atomic E-state index is 14.6. The van der Waals surface area contributed by atoms with Crippen molar-refractivity contribution >= 4 is 27.3 Å². The van der Waals surface area contributed by atoms with Crippen molar-refractivity contribution < 1.29 is 18.6 Å². The zero-order valence-corrected chi connectivity index (χ0v) is 19.8. The molecule has 2 N–H and O–H groups in total.